The summed E-state index contributed by atoms with van der Waals surface area (Å²) in [5, 5.41) is 5.38. The average molecular weight is 322 g/mol. The quantitative estimate of drug-likeness (QED) is 0.441. The number of benzene rings is 2. The minimum Gasteiger partial charge on any atom is -0.375 e. The first-order valence-electron chi connectivity index (χ1n) is 7.36. The smallest absolute Gasteiger partial charge is 0.184 e. The molecule has 0 saturated carbocycles. The Labute approximate surface area is 140 Å². The summed E-state index contributed by atoms with van der Waals surface area (Å²) in [6, 6.07) is 16.7. The molecule has 0 bridgehead atoms. The fourth-order valence-corrected chi connectivity index (χ4v) is 2.70. The summed E-state index contributed by atoms with van der Waals surface area (Å²) in [6.07, 6.45) is 3.84. The first kappa shape index (κ1) is 15.2. The van der Waals surface area contributed by atoms with Gasteiger partial charge in [-0.15, -0.1) is 0 Å². The lowest BCUT2D eigenvalue weighted by Crippen LogP contribution is -2.23. The van der Waals surface area contributed by atoms with Crippen LogP contribution >= 0.6 is 12.2 Å². The minimum absolute atomic E-state index is 0.157. The highest BCUT2D eigenvalue weighted by atomic mass is 32.1. The predicted molar refractivity (Wildman–Crippen MR) is 99.7 cm³/mol. The van der Waals surface area contributed by atoms with Gasteiger partial charge in [0.05, 0.1) is 6.21 Å². The van der Waals surface area contributed by atoms with E-state index in [9.17, 15) is 0 Å². The molecule has 0 spiro atoms. The number of fused-ring (bicyclic) bond motifs is 1. The van der Waals surface area contributed by atoms with Crippen LogP contribution < -0.4 is 11.2 Å². The number of hydrogen-bond donors (Lipinski definition) is 2. The second kappa shape index (κ2) is 6.62. The molecule has 1 aromatic heterocycles. The zero-order chi connectivity index (χ0) is 16.2. The Morgan fingerprint density at radius 1 is 1.22 bits per heavy atom. The van der Waals surface area contributed by atoms with Crippen LogP contribution in [-0.4, -0.2) is 15.9 Å². The van der Waals surface area contributed by atoms with Crippen molar-refractivity contribution < 1.29 is 0 Å². The van der Waals surface area contributed by atoms with Crippen molar-refractivity contribution in [2.75, 3.05) is 0 Å². The molecule has 3 aromatic rings. The van der Waals surface area contributed by atoms with Crippen molar-refractivity contribution in [1.29, 1.82) is 0 Å². The number of aryl methyl sites for hydroxylation is 1. The van der Waals surface area contributed by atoms with Gasteiger partial charge in [0.15, 0.2) is 5.11 Å². The molecule has 3 N–H and O–H groups in total. The van der Waals surface area contributed by atoms with Gasteiger partial charge in [-0.3, -0.25) is 5.43 Å². The van der Waals surface area contributed by atoms with Crippen molar-refractivity contribution in [3.63, 3.8) is 0 Å². The Balaban J connectivity index is 1.99. The average Bonchev–Trinajstić information content (AvgIpc) is 2.88. The van der Waals surface area contributed by atoms with Crippen LogP contribution in [0, 0.1) is 6.92 Å². The Bertz CT molecular complexity index is 880. The van der Waals surface area contributed by atoms with E-state index in [0.717, 1.165) is 17.5 Å². The number of hydrogen-bond acceptors (Lipinski definition) is 2. The molecule has 3 rings (SSSR count). The fraction of sp³-hybridized carbons (Fsp3) is 0.111. The molecular weight excluding hydrogens is 304 g/mol. The highest BCUT2D eigenvalue weighted by molar-refractivity contribution is 7.80. The predicted octanol–water partition coefficient (Wildman–Crippen LogP) is 3.17. The van der Waals surface area contributed by atoms with Crippen molar-refractivity contribution in [2.24, 2.45) is 10.8 Å². The normalized spacial score (nSPS) is 11.2. The van der Waals surface area contributed by atoms with Crippen molar-refractivity contribution in [2.45, 2.75) is 13.5 Å². The zero-order valence-corrected chi connectivity index (χ0v) is 13.7. The van der Waals surface area contributed by atoms with E-state index >= 15 is 0 Å². The maximum absolute atomic E-state index is 5.39. The maximum atomic E-state index is 5.39. The second-order valence-electron chi connectivity index (χ2n) is 5.39. The molecule has 4 nitrogen and oxygen atoms in total. The van der Waals surface area contributed by atoms with Crippen molar-refractivity contribution in [3.8, 4) is 0 Å². The van der Waals surface area contributed by atoms with Crippen molar-refractivity contribution in [1.82, 2.24) is 9.99 Å². The van der Waals surface area contributed by atoms with E-state index in [2.05, 4.69) is 64.6 Å². The van der Waals surface area contributed by atoms with Crippen LogP contribution in [0.5, 0.6) is 0 Å². The molecule has 0 unspecified atom stereocenters. The van der Waals surface area contributed by atoms with Crippen molar-refractivity contribution in [3.05, 3.63) is 71.4 Å². The van der Waals surface area contributed by atoms with E-state index in [4.69, 9.17) is 18.0 Å². The molecule has 0 aliphatic rings. The number of hydrazone groups is 1. The summed E-state index contributed by atoms with van der Waals surface area (Å²) < 4.78 is 2.24. The summed E-state index contributed by atoms with van der Waals surface area (Å²) in [6.45, 7) is 2.96. The molecule has 116 valence electrons. The molecule has 23 heavy (non-hydrogen) atoms. The third-order valence-corrected chi connectivity index (χ3v) is 3.89. The number of nitrogens with zero attached hydrogens (tertiary/aromatic N) is 2. The standard InChI is InChI=1S/C18H18N4S/c1-13-6-2-3-7-14(13)11-22-12-15(10-20-21-18(19)23)16-8-4-5-9-17(16)22/h2-10,12H,11H2,1H3,(H3,19,21,23)/b20-10-. The first-order chi connectivity index (χ1) is 11.1. The van der Waals surface area contributed by atoms with Gasteiger partial charge in [-0.25, -0.2) is 0 Å². The van der Waals surface area contributed by atoms with Gasteiger partial charge in [0.25, 0.3) is 0 Å². The van der Waals surface area contributed by atoms with Gasteiger partial charge in [-0.1, -0.05) is 42.5 Å². The van der Waals surface area contributed by atoms with Gasteiger partial charge in [0.2, 0.25) is 0 Å². The van der Waals surface area contributed by atoms with Gasteiger partial charge in [0, 0.05) is 29.2 Å². The molecular formula is C18H18N4S. The minimum atomic E-state index is 0.157. The molecule has 0 radical (unpaired) electrons. The molecule has 0 atom stereocenters. The summed E-state index contributed by atoms with van der Waals surface area (Å²) in [7, 11) is 0. The summed E-state index contributed by atoms with van der Waals surface area (Å²) in [5.74, 6) is 0. The van der Waals surface area contributed by atoms with Crippen LogP contribution in [0.1, 0.15) is 16.7 Å². The number of nitrogens with one attached hydrogen (secondary N) is 1. The van der Waals surface area contributed by atoms with Crippen molar-refractivity contribution >= 4 is 34.4 Å². The monoisotopic (exact) mass is 322 g/mol. The molecule has 5 heteroatoms. The van der Waals surface area contributed by atoms with E-state index < -0.39 is 0 Å². The van der Waals surface area contributed by atoms with Crippen LogP contribution in [0.25, 0.3) is 10.9 Å². The summed E-state index contributed by atoms with van der Waals surface area (Å²) in [4.78, 5) is 0. The fourth-order valence-electron chi connectivity index (χ4n) is 2.65. The molecule has 0 amide bonds. The van der Waals surface area contributed by atoms with Crippen LogP contribution in [0.2, 0.25) is 0 Å². The number of nitrogens with two attached hydrogens (primary N) is 1. The van der Waals surface area contributed by atoms with Gasteiger partial charge in [0.1, 0.15) is 0 Å². The Morgan fingerprint density at radius 2 is 1.96 bits per heavy atom. The third-order valence-electron chi connectivity index (χ3n) is 3.80. The highest BCUT2D eigenvalue weighted by Gasteiger charge is 2.08. The van der Waals surface area contributed by atoms with Crippen LogP contribution in [0.4, 0.5) is 0 Å². The Morgan fingerprint density at radius 3 is 2.74 bits per heavy atom. The third kappa shape index (κ3) is 3.40. The van der Waals surface area contributed by atoms with E-state index in [0.29, 0.717) is 0 Å². The lowest BCUT2D eigenvalue weighted by atomic mass is 10.1. The number of aromatic nitrogens is 1. The number of rotatable bonds is 4. The van der Waals surface area contributed by atoms with Gasteiger partial charge >= 0.3 is 0 Å². The maximum Gasteiger partial charge on any atom is 0.184 e. The molecule has 2 aromatic carbocycles. The zero-order valence-electron chi connectivity index (χ0n) is 12.9. The molecule has 0 aliphatic heterocycles. The lowest BCUT2D eigenvalue weighted by molar-refractivity contribution is 0.830. The van der Waals surface area contributed by atoms with Crippen LogP contribution in [-0.2, 0) is 6.54 Å². The Hall–Kier alpha value is -2.66. The van der Waals surface area contributed by atoms with Gasteiger partial charge in [-0.2, -0.15) is 5.10 Å². The second-order valence-corrected chi connectivity index (χ2v) is 5.83. The first-order valence-corrected chi connectivity index (χ1v) is 7.77. The van der Waals surface area contributed by atoms with E-state index in [1.165, 1.54) is 16.6 Å². The molecule has 0 saturated heterocycles. The lowest BCUT2D eigenvalue weighted by Gasteiger charge is -2.08. The van der Waals surface area contributed by atoms with E-state index in [1.807, 2.05) is 12.1 Å². The van der Waals surface area contributed by atoms with E-state index in [-0.39, 0.29) is 5.11 Å². The van der Waals surface area contributed by atoms with Crippen LogP contribution in [0.3, 0.4) is 0 Å². The molecule has 0 fully saturated rings. The van der Waals surface area contributed by atoms with E-state index in [1.54, 1.807) is 6.21 Å². The summed E-state index contributed by atoms with van der Waals surface area (Å²) >= 11 is 4.76. The van der Waals surface area contributed by atoms with Crippen LogP contribution in [0.15, 0.2) is 59.8 Å². The number of thiocarbonyl (C=S) groups is 1. The topological polar surface area (TPSA) is 55.3 Å². The Kier molecular flexibility index (Phi) is 4.39. The molecule has 0 aliphatic carbocycles. The van der Waals surface area contributed by atoms with Gasteiger partial charge < -0.3 is 10.3 Å². The van der Waals surface area contributed by atoms with Gasteiger partial charge in [-0.05, 0) is 36.3 Å². The SMILES string of the molecule is Cc1ccccc1Cn1cc(/C=N\NC(N)=S)c2ccccc21. The number of para-hydroxylation sites is 1. The summed E-state index contributed by atoms with van der Waals surface area (Å²) in [5.41, 5.74) is 12.8. The highest BCUT2D eigenvalue weighted by Crippen LogP contribution is 2.22. The largest absolute Gasteiger partial charge is 0.375 e. The molecule has 1 heterocycles.